The Kier molecular flexibility index (Phi) is 3.74. The molecule has 6 nitrogen and oxygen atoms in total. The molecule has 0 bridgehead atoms. The maximum absolute atomic E-state index is 5.86. The average molecular weight is 340 g/mol. The van der Waals surface area contributed by atoms with Crippen molar-refractivity contribution < 1.29 is 0 Å². The Balaban J connectivity index is 1.89. The Bertz CT molecular complexity index is 923. The van der Waals surface area contributed by atoms with Crippen LogP contribution in [0.3, 0.4) is 0 Å². The number of nitrogens with zero attached hydrogens (tertiary/aromatic N) is 4. The molecule has 0 radical (unpaired) electrons. The van der Waals surface area contributed by atoms with Gasteiger partial charge in [0.2, 0.25) is 0 Å². The molecule has 0 aliphatic carbocycles. The van der Waals surface area contributed by atoms with E-state index < -0.39 is 0 Å². The topological polar surface area (TPSA) is 83.8 Å². The van der Waals surface area contributed by atoms with E-state index in [1.807, 2.05) is 12.1 Å². The molecule has 1 aromatic carbocycles. The van der Waals surface area contributed by atoms with Crippen LogP contribution in [0.5, 0.6) is 0 Å². The third kappa shape index (κ3) is 2.46. The summed E-state index contributed by atoms with van der Waals surface area (Å²) in [5, 5.41) is 8.10. The fourth-order valence-electron chi connectivity index (χ4n) is 3.18. The third-order valence-electron chi connectivity index (χ3n) is 4.61. The lowest BCUT2D eigenvalue weighted by atomic mass is 10.1. The zero-order chi connectivity index (χ0) is 16.7. The molecule has 4 rings (SSSR count). The zero-order valence-corrected chi connectivity index (χ0v) is 14.4. The van der Waals surface area contributed by atoms with E-state index in [-0.39, 0.29) is 0 Å². The van der Waals surface area contributed by atoms with Crippen LogP contribution in [0.25, 0.3) is 21.0 Å². The van der Waals surface area contributed by atoms with Gasteiger partial charge >= 0.3 is 0 Å². The minimum atomic E-state index is 0.325. The van der Waals surface area contributed by atoms with Crippen molar-refractivity contribution in [3.63, 3.8) is 0 Å². The lowest BCUT2D eigenvalue weighted by molar-refractivity contribution is 0.312. The zero-order valence-electron chi connectivity index (χ0n) is 13.6. The molecule has 24 heavy (non-hydrogen) atoms. The standard InChI is InChI=1S/C17H20N6S/c1-22-5-7-23(8-6-22)17-13-4-9-24-15(13)12-3-2-11(16(18)21-19)10-14(12)20-17/h2-4,9-10H,5-8,19H2,1H3,(H2,18,21). The van der Waals surface area contributed by atoms with Crippen molar-refractivity contribution in [3.05, 3.63) is 35.2 Å². The Labute approximate surface area is 144 Å². The summed E-state index contributed by atoms with van der Waals surface area (Å²) >= 11 is 1.75. The summed E-state index contributed by atoms with van der Waals surface area (Å²) in [5.41, 5.74) is 7.59. The van der Waals surface area contributed by atoms with Crippen LogP contribution in [-0.4, -0.2) is 48.9 Å². The quantitative estimate of drug-likeness (QED) is 0.321. The highest BCUT2D eigenvalue weighted by Crippen LogP contribution is 2.35. The van der Waals surface area contributed by atoms with Gasteiger partial charge in [-0.25, -0.2) is 4.98 Å². The number of nitrogens with two attached hydrogens (primary N) is 2. The first-order chi connectivity index (χ1) is 11.7. The minimum Gasteiger partial charge on any atom is -0.382 e. The number of hydrogen-bond acceptors (Lipinski definition) is 6. The number of hydrazone groups is 1. The summed E-state index contributed by atoms with van der Waals surface area (Å²) in [6, 6.07) is 8.15. The van der Waals surface area contributed by atoms with E-state index in [0.29, 0.717) is 5.84 Å². The van der Waals surface area contributed by atoms with Crippen molar-refractivity contribution in [2.24, 2.45) is 16.7 Å². The van der Waals surface area contributed by atoms with Gasteiger partial charge < -0.3 is 21.4 Å². The van der Waals surface area contributed by atoms with Crippen molar-refractivity contribution in [2.45, 2.75) is 0 Å². The van der Waals surface area contributed by atoms with Gasteiger partial charge in [-0.1, -0.05) is 12.1 Å². The molecule has 7 heteroatoms. The van der Waals surface area contributed by atoms with Crippen molar-refractivity contribution in [1.29, 1.82) is 0 Å². The lowest BCUT2D eigenvalue weighted by Crippen LogP contribution is -2.44. The van der Waals surface area contributed by atoms with Gasteiger partial charge in [-0.2, -0.15) is 5.10 Å². The van der Waals surface area contributed by atoms with Crippen molar-refractivity contribution in [2.75, 3.05) is 38.1 Å². The predicted octanol–water partition coefficient (Wildman–Crippen LogP) is 1.78. The van der Waals surface area contributed by atoms with Crippen LogP contribution in [0, 0.1) is 0 Å². The molecule has 1 fully saturated rings. The molecular formula is C17H20N6S. The number of pyridine rings is 1. The van der Waals surface area contributed by atoms with Crippen molar-refractivity contribution in [3.8, 4) is 0 Å². The second kappa shape index (κ2) is 5.92. The highest BCUT2D eigenvalue weighted by molar-refractivity contribution is 7.18. The van der Waals surface area contributed by atoms with Crippen LogP contribution in [-0.2, 0) is 0 Å². The lowest BCUT2D eigenvalue weighted by Gasteiger charge is -2.33. The Morgan fingerprint density at radius 3 is 2.71 bits per heavy atom. The Morgan fingerprint density at radius 1 is 1.17 bits per heavy atom. The molecule has 2 aromatic heterocycles. The maximum Gasteiger partial charge on any atom is 0.150 e. The van der Waals surface area contributed by atoms with Crippen LogP contribution in [0.15, 0.2) is 34.7 Å². The Hall–Kier alpha value is -2.38. The highest BCUT2D eigenvalue weighted by Gasteiger charge is 2.19. The second-order valence-electron chi connectivity index (χ2n) is 6.14. The summed E-state index contributed by atoms with van der Waals surface area (Å²) < 4.78 is 1.27. The molecule has 1 aliphatic rings. The van der Waals surface area contributed by atoms with Crippen molar-refractivity contribution in [1.82, 2.24) is 9.88 Å². The highest BCUT2D eigenvalue weighted by atomic mass is 32.1. The smallest absolute Gasteiger partial charge is 0.150 e. The summed E-state index contributed by atoms with van der Waals surface area (Å²) in [6.45, 7) is 4.09. The van der Waals surface area contributed by atoms with E-state index in [4.69, 9.17) is 16.6 Å². The number of fused-ring (bicyclic) bond motifs is 3. The number of anilines is 1. The van der Waals surface area contributed by atoms with Gasteiger partial charge in [0.1, 0.15) is 11.7 Å². The number of aromatic nitrogens is 1. The van der Waals surface area contributed by atoms with Crippen LogP contribution in [0.2, 0.25) is 0 Å². The van der Waals surface area contributed by atoms with Gasteiger partial charge in [-0.15, -0.1) is 11.3 Å². The van der Waals surface area contributed by atoms with Crippen LogP contribution < -0.4 is 16.5 Å². The van der Waals surface area contributed by atoms with E-state index in [2.05, 4.69) is 39.5 Å². The number of benzene rings is 1. The molecule has 0 amide bonds. The fourth-order valence-corrected chi connectivity index (χ4v) is 4.10. The Morgan fingerprint density at radius 2 is 1.96 bits per heavy atom. The number of hydrogen-bond donors (Lipinski definition) is 2. The van der Waals surface area contributed by atoms with Crippen molar-refractivity contribution >= 4 is 44.0 Å². The van der Waals surface area contributed by atoms with Gasteiger partial charge in [0.25, 0.3) is 0 Å². The van der Waals surface area contributed by atoms with E-state index in [1.54, 1.807) is 11.3 Å². The van der Waals surface area contributed by atoms with Gasteiger partial charge in [-0.05, 0) is 24.6 Å². The summed E-state index contributed by atoms with van der Waals surface area (Å²) in [4.78, 5) is 9.69. The molecule has 4 N–H and O–H groups in total. The normalized spacial score (nSPS) is 17.0. The van der Waals surface area contributed by atoms with E-state index in [9.17, 15) is 0 Å². The summed E-state index contributed by atoms with van der Waals surface area (Å²) in [6.07, 6.45) is 0. The molecule has 0 spiro atoms. The summed E-state index contributed by atoms with van der Waals surface area (Å²) in [7, 11) is 2.16. The molecule has 0 unspecified atom stereocenters. The molecular weight excluding hydrogens is 320 g/mol. The fraction of sp³-hybridized carbons (Fsp3) is 0.294. The monoisotopic (exact) mass is 340 g/mol. The van der Waals surface area contributed by atoms with Crippen LogP contribution >= 0.6 is 11.3 Å². The average Bonchev–Trinajstić information content (AvgIpc) is 3.10. The predicted molar refractivity (Wildman–Crippen MR) is 102 cm³/mol. The van der Waals surface area contributed by atoms with Gasteiger partial charge in [-0.3, -0.25) is 0 Å². The number of likely N-dealkylation sites (N-methyl/N-ethyl adjacent to an activating group) is 1. The maximum atomic E-state index is 5.86. The summed E-state index contributed by atoms with van der Waals surface area (Å²) in [5.74, 6) is 6.70. The number of amidine groups is 1. The van der Waals surface area contributed by atoms with E-state index in [0.717, 1.165) is 48.5 Å². The van der Waals surface area contributed by atoms with Crippen LogP contribution in [0.4, 0.5) is 5.82 Å². The number of thiophene rings is 1. The van der Waals surface area contributed by atoms with Gasteiger partial charge in [0.15, 0.2) is 0 Å². The number of rotatable bonds is 2. The van der Waals surface area contributed by atoms with Gasteiger partial charge in [0.05, 0.1) is 5.52 Å². The second-order valence-corrected chi connectivity index (χ2v) is 7.05. The van der Waals surface area contributed by atoms with E-state index >= 15 is 0 Å². The molecule has 3 aromatic rings. The largest absolute Gasteiger partial charge is 0.382 e. The SMILES string of the molecule is CN1CCN(c2nc3cc(/C(N)=N/N)ccc3c3sccc23)CC1. The molecule has 0 saturated carbocycles. The molecule has 1 saturated heterocycles. The van der Waals surface area contributed by atoms with Gasteiger partial charge in [0, 0.05) is 47.2 Å². The first-order valence-electron chi connectivity index (χ1n) is 7.95. The molecule has 1 aliphatic heterocycles. The third-order valence-corrected chi connectivity index (χ3v) is 5.56. The minimum absolute atomic E-state index is 0.325. The molecule has 3 heterocycles. The van der Waals surface area contributed by atoms with E-state index in [1.165, 1.54) is 10.1 Å². The molecule has 124 valence electrons. The first-order valence-corrected chi connectivity index (χ1v) is 8.83. The first kappa shape index (κ1) is 15.2. The molecule has 0 atom stereocenters. The van der Waals surface area contributed by atoms with Crippen LogP contribution in [0.1, 0.15) is 5.56 Å². The number of piperazine rings is 1.